The summed E-state index contributed by atoms with van der Waals surface area (Å²) in [4.78, 5) is 0.325. The average molecular weight is 254 g/mol. The summed E-state index contributed by atoms with van der Waals surface area (Å²) in [6, 6.07) is 4.86. The van der Waals surface area contributed by atoms with Gasteiger partial charge >= 0.3 is 0 Å². The minimum absolute atomic E-state index is 0.325. The van der Waals surface area contributed by atoms with E-state index >= 15 is 0 Å². The Labute approximate surface area is 102 Å². The highest BCUT2D eigenvalue weighted by Crippen LogP contribution is 2.26. The lowest BCUT2D eigenvalue weighted by molar-refractivity contribution is 0.316. The highest BCUT2D eigenvalue weighted by molar-refractivity contribution is 7.89. The summed E-state index contributed by atoms with van der Waals surface area (Å²) in [5, 5.41) is 0. The molecule has 5 heteroatoms. The Balaban J connectivity index is 2.12. The van der Waals surface area contributed by atoms with Gasteiger partial charge in [-0.3, -0.25) is 0 Å². The molecule has 17 heavy (non-hydrogen) atoms. The SMILES string of the molecule is Cc1cc(N)ccc1S(=O)(=O)NCC1CCC1. The van der Waals surface area contributed by atoms with E-state index in [4.69, 9.17) is 5.73 Å². The maximum absolute atomic E-state index is 12.1. The topological polar surface area (TPSA) is 72.2 Å². The predicted molar refractivity (Wildman–Crippen MR) is 68.1 cm³/mol. The number of nitrogen functional groups attached to an aromatic ring is 1. The second-order valence-corrected chi connectivity index (χ2v) is 6.41. The number of benzene rings is 1. The number of hydrogen-bond acceptors (Lipinski definition) is 3. The van der Waals surface area contributed by atoms with Crippen molar-refractivity contribution in [2.24, 2.45) is 5.92 Å². The molecular weight excluding hydrogens is 236 g/mol. The quantitative estimate of drug-likeness (QED) is 0.803. The average Bonchev–Trinajstić information content (AvgIpc) is 2.13. The first kappa shape index (κ1) is 12.4. The van der Waals surface area contributed by atoms with E-state index in [-0.39, 0.29) is 0 Å². The van der Waals surface area contributed by atoms with Gasteiger partial charge in [0.2, 0.25) is 10.0 Å². The van der Waals surface area contributed by atoms with E-state index in [0.717, 1.165) is 12.8 Å². The zero-order chi connectivity index (χ0) is 12.5. The fourth-order valence-electron chi connectivity index (χ4n) is 1.98. The van der Waals surface area contributed by atoms with Crippen molar-refractivity contribution >= 4 is 15.7 Å². The summed E-state index contributed by atoms with van der Waals surface area (Å²) >= 11 is 0. The van der Waals surface area contributed by atoms with Gasteiger partial charge in [0.25, 0.3) is 0 Å². The van der Waals surface area contributed by atoms with Crippen molar-refractivity contribution in [3.63, 3.8) is 0 Å². The molecular formula is C12H18N2O2S. The molecule has 0 heterocycles. The van der Waals surface area contributed by atoms with E-state index in [1.54, 1.807) is 25.1 Å². The molecule has 94 valence electrons. The zero-order valence-electron chi connectivity index (χ0n) is 9.94. The van der Waals surface area contributed by atoms with Gasteiger partial charge in [-0.25, -0.2) is 13.1 Å². The number of nitrogens with two attached hydrogens (primary N) is 1. The van der Waals surface area contributed by atoms with E-state index in [9.17, 15) is 8.42 Å². The molecule has 1 aromatic rings. The monoisotopic (exact) mass is 254 g/mol. The normalized spacial score (nSPS) is 16.8. The van der Waals surface area contributed by atoms with E-state index in [1.807, 2.05) is 0 Å². The van der Waals surface area contributed by atoms with Crippen LogP contribution < -0.4 is 10.5 Å². The Morgan fingerprint density at radius 3 is 2.65 bits per heavy atom. The van der Waals surface area contributed by atoms with Crippen LogP contribution in [0.2, 0.25) is 0 Å². The van der Waals surface area contributed by atoms with Gasteiger partial charge in [-0.2, -0.15) is 0 Å². The molecule has 2 rings (SSSR count). The Morgan fingerprint density at radius 1 is 1.41 bits per heavy atom. The largest absolute Gasteiger partial charge is 0.399 e. The van der Waals surface area contributed by atoms with Gasteiger partial charge in [-0.15, -0.1) is 0 Å². The third-order valence-corrected chi connectivity index (χ3v) is 4.86. The molecule has 0 unspecified atom stereocenters. The van der Waals surface area contributed by atoms with Crippen LogP contribution in [0.5, 0.6) is 0 Å². The minimum Gasteiger partial charge on any atom is -0.399 e. The van der Waals surface area contributed by atoms with Crippen molar-refractivity contribution in [2.45, 2.75) is 31.1 Å². The molecule has 4 nitrogen and oxygen atoms in total. The molecule has 0 spiro atoms. The third kappa shape index (κ3) is 2.79. The molecule has 1 aliphatic carbocycles. The minimum atomic E-state index is -3.38. The standard InChI is InChI=1S/C12H18N2O2S/c1-9-7-11(13)5-6-12(9)17(15,16)14-8-10-3-2-4-10/h5-7,10,14H,2-4,8,13H2,1H3. The molecule has 1 saturated carbocycles. The first-order valence-electron chi connectivity index (χ1n) is 5.85. The summed E-state index contributed by atoms with van der Waals surface area (Å²) in [6.45, 7) is 2.31. The van der Waals surface area contributed by atoms with Gasteiger partial charge in [0.1, 0.15) is 0 Å². The molecule has 1 aliphatic rings. The number of hydrogen-bond donors (Lipinski definition) is 2. The molecule has 0 amide bonds. The van der Waals surface area contributed by atoms with Crippen molar-refractivity contribution in [2.75, 3.05) is 12.3 Å². The lowest BCUT2D eigenvalue weighted by atomic mass is 9.86. The van der Waals surface area contributed by atoms with E-state index in [1.165, 1.54) is 6.42 Å². The van der Waals surface area contributed by atoms with Crippen LogP contribution in [0.15, 0.2) is 23.1 Å². The number of sulfonamides is 1. The van der Waals surface area contributed by atoms with Crippen LogP contribution >= 0.6 is 0 Å². The molecule has 1 fully saturated rings. The summed E-state index contributed by atoms with van der Waals surface area (Å²) in [7, 11) is -3.38. The summed E-state index contributed by atoms with van der Waals surface area (Å²) < 4.78 is 26.8. The second kappa shape index (κ2) is 4.66. The van der Waals surface area contributed by atoms with E-state index in [0.29, 0.717) is 28.6 Å². The first-order chi connectivity index (χ1) is 7.99. The van der Waals surface area contributed by atoms with Crippen LogP contribution in [-0.4, -0.2) is 15.0 Å². The smallest absolute Gasteiger partial charge is 0.240 e. The number of rotatable bonds is 4. The fourth-order valence-corrected chi connectivity index (χ4v) is 3.32. The van der Waals surface area contributed by atoms with Gasteiger partial charge in [-0.1, -0.05) is 6.42 Å². The van der Waals surface area contributed by atoms with Crippen molar-refractivity contribution in [1.29, 1.82) is 0 Å². The van der Waals surface area contributed by atoms with Gasteiger partial charge in [0, 0.05) is 12.2 Å². The summed E-state index contributed by atoms with van der Waals surface area (Å²) in [6.07, 6.45) is 3.47. The van der Waals surface area contributed by atoms with Crippen LogP contribution in [-0.2, 0) is 10.0 Å². The molecule has 0 saturated heterocycles. The fraction of sp³-hybridized carbons (Fsp3) is 0.500. The lowest BCUT2D eigenvalue weighted by Gasteiger charge is -2.25. The maximum Gasteiger partial charge on any atom is 0.240 e. The van der Waals surface area contributed by atoms with Gasteiger partial charge in [0.05, 0.1) is 4.90 Å². The van der Waals surface area contributed by atoms with Gasteiger partial charge < -0.3 is 5.73 Å². The van der Waals surface area contributed by atoms with Crippen molar-refractivity contribution < 1.29 is 8.42 Å². The molecule has 0 atom stereocenters. The second-order valence-electron chi connectivity index (χ2n) is 4.67. The van der Waals surface area contributed by atoms with E-state index < -0.39 is 10.0 Å². The van der Waals surface area contributed by atoms with Crippen LogP contribution in [0.25, 0.3) is 0 Å². The Kier molecular flexibility index (Phi) is 3.40. The van der Waals surface area contributed by atoms with Crippen LogP contribution in [0.1, 0.15) is 24.8 Å². The molecule has 0 radical (unpaired) electrons. The Bertz CT molecular complexity index is 507. The van der Waals surface area contributed by atoms with Crippen LogP contribution in [0.4, 0.5) is 5.69 Å². The van der Waals surface area contributed by atoms with E-state index in [2.05, 4.69) is 4.72 Å². The van der Waals surface area contributed by atoms with Gasteiger partial charge in [0.15, 0.2) is 0 Å². The van der Waals surface area contributed by atoms with Crippen LogP contribution in [0, 0.1) is 12.8 Å². The van der Waals surface area contributed by atoms with Crippen LogP contribution in [0.3, 0.4) is 0 Å². The Hall–Kier alpha value is -1.07. The van der Waals surface area contributed by atoms with Crippen molar-refractivity contribution in [3.8, 4) is 0 Å². The molecule has 3 N–H and O–H groups in total. The molecule has 0 aromatic heterocycles. The molecule has 1 aromatic carbocycles. The number of anilines is 1. The molecule has 0 bridgehead atoms. The summed E-state index contributed by atoms with van der Waals surface area (Å²) in [5.74, 6) is 0.513. The Morgan fingerprint density at radius 2 is 2.12 bits per heavy atom. The maximum atomic E-state index is 12.1. The van der Waals surface area contributed by atoms with Crippen molar-refractivity contribution in [1.82, 2.24) is 4.72 Å². The number of nitrogens with one attached hydrogen (secondary N) is 1. The predicted octanol–water partition coefficient (Wildman–Crippen LogP) is 1.66. The molecule has 0 aliphatic heterocycles. The number of aryl methyl sites for hydroxylation is 1. The van der Waals surface area contributed by atoms with Crippen molar-refractivity contribution in [3.05, 3.63) is 23.8 Å². The highest BCUT2D eigenvalue weighted by Gasteiger charge is 2.22. The lowest BCUT2D eigenvalue weighted by Crippen LogP contribution is -2.32. The van der Waals surface area contributed by atoms with Gasteiger partial charge in [-0.05, 0) is 49.4 Å². The summed E-state index contributed by atoms with van der Waals surface area (Å²) in [5.41, 5.74) is 6.88. The third-order valence-electron chi connectivity index (χ3n) is 3.28. The first-order valence-corrected chi connectivity index (χ1v) is 7.33. The highest BCUT2D eigenvalue weighted by atomic mass is 32.2. The zero-order valence-corrected chi connectivity index (χ0v) is 10.8.